The molecule has 0 saturated carbocycles. The van der Waals surface area contributed by atoms with Crippen LogP contribution in [0.25, 0.3) is 0 Å². The first-order valence-electron chi connectivity index (χ1n) is 5.90. The van der Waals surface area contributed by atoms with Crippen LogP contribution in [0.2, 0.25) is 0 Å². The van der Waals surface area contributed by atoms with Crippen LogP contribution in [0.1, 0.15) is 32.4 Å². The van der Waals surface area contributed by atoms with Gasteiger partial charge in [0.05, 0.1) is 6.33 Å². The van der Waals surface area contributed by atoms with Gasteiger partial charge in [-0.15, -0.1) is 0 Å². The van der Waals surface area contributed by atoms with E-state index in [2.05, 4.69) is 24.1 Å². The maximum absolute atomic E-state index is 11.6. The minimum Gasteiger partial charge on any atom is -0.314 e. The van der Waals surface area contributed by atoms with Gasteiger partial charge >= 0.3 is 0 Å². The number of aromatic nitrogens is 2. The number of rotatable bonds is 6. The van der Waals surface area contributed by atoms with E-state index in [1.54, 1.807) is 17.0 Å². The maximum Gasteiger partial charge on any atom is 0.253 e. The molecule has 1 heterocycles. The lowest BCUT2D eigenvalue weighted by molar-refractivity contribution is 0.469. The van der Waals surface area contributed by atoms with E-state index >= 15 is 0 Å². The molecule has 0 spiro atoms. The van der Waals surface area contributed by atoms with Gasteiger partial charge in [-0.3, -0.25) is 9.36 Å². The molecule has 1 unspecified atom stereocenters. The smallest absolute Gasteiger partial charge is 0.253 e. The molecule has 90 valence electrons. The van der Waals surface area contributed by atoms with Crippen LogP contribution < -0.4 is 10.9 Å². The summed E-state index contributed by atoms with van der Waals surface area (Å²) in [7, 11) is 0. The van der Waals surface area contributed by atoms with Gasteiger partial charge in [-0.05, 0) is 33.2 Å². The number of nitrogens with zero attached hydrogens (tertiary/aromatic N) is 2. The SMILES string of the molecule is CCCNC(C)CCn1cnc(C)cc1=O. The number of hydrogen-bond acceptors (Lipinski definition) is 3. The van der Waals surface area contributed by atoms with Crippen molar-refractivity contribution in [3.05, 3.63) is 28.4 Å². The number of aryl methyl sites for hydroxylation is 2. The van der Waals surface area contributed by atoms with Crippen molar-refractivity contribution >= 4 is 0 Å². The molecule has 4 nitrogen and oxygen atoms in total. The fraction of sp³-hybridized carbons (Fsp3) is 0.667. The van der Waals surface area contributed by atoms with Crippen LogP contribution in [0.15, 0.2) is 17.2 Å². The van der Waals surface area contributed by atoms with Crippen LogP contribution in [0.5, 0.6) is 0 Å². The molecule has 0 bridgehead atoms. The molecule has 1 aromatic heterocycles. The Morgan fingerprint density at radius 1 is 1.56 bits per heavy atom. The summed E-state index contributed by atoms with van der Waals surface area (Å²) in [6.45, 7) is 7.87. The number of nitrogens with one attached hydrogen (secondary N) is 1. The Kier molecular flexibility index (Phi) is 5.19. The molecule has 1 aromatic rings. The minimum atomic E-state index is 0.0372. The predicted octanol–water partition coefficient (Wildman–Crippen LogP) is 1.33. The summed E-state index contributed by atoms with van der Waals surface area (Å²) in [6, 6.07) is 2.01. The Labute approximate surface area is 96.7 Å². The topological polar surface area (TPSA) is 46.9 Å². The molecule has 4 heteroatoms. The van der Waals surface area contributed by atoms with Crippen LogP contribution in [0.3, 0.4) is 0 Å². The molecular formula is C12H21N3O. The van der Waals surface area contributed by atoms with Crippen LogP contribution in [-0.2, 0) is 6.54 Å². The van der Waals surface area contributed by atoms with Crippen molar-refractivity contribution in [1.29, 1.82) is 0 Å². The highest BCUT2D eigenvalue weighted by atomic mass is 16.1. The highest BCUT2D eigenvalue weighted by Gasteiger charge is 2.02. The Morgan fingerprint density at radius 2 is 2.31 bits per heavy atom. The van der Waals surface area contributed by atoms with Crippen molar-refractivity contribution in [1.82, 2.24) is 14.9 Å². The first-order valence-corrected chi connectivity index (χ1v) is 5.90. The summed E-state index contributed by atoms with van der Waals surface area (Å²) < 4.78 is 1.66. The second kappa shape index (κ2) is 6.43. The molecule has 1 rings (SSSR count). The lowest BCUT2D eigenvalue weighted by Gasteiger charge is -2.13. The zero-order valence-corrected chi connectivity index (χ0v) is 10.4. The van der Waals surface area contributed by atoms with Gasteiger partial charge in [0, 0.05) is 24.3 Å². The Balaban J connectivity index is 2.45. The van der Waals surface area contributed by atoms with Gasteiger partial charge in [0.2, 0.25) is 0 Å². The average Bonchev–Trinajstić information content (AvgIpc) is 2.25. The largest absolute Gasteiger partial charge is 0.314 e. The Morgan fingerprint density at radius 3 is 2.94 bits per heavy atom. The summed E-state index contributed by atoms with van der Waals surface area (Å²) in [5, 5.41) is 3.40. The normalized spacial score (nSPS) is 12.7. The summed E-state index contributed by atoms with van der Waals surface area (Å²) in [6.07, 6.45) is 3.71. The predicted molar refractivity (Wildman–Crippen MR) is 65.6 cm³/mol. The molecule has 0 aliphatic rings. The zero-order valence-electron chi connectivity index (χ0n) is 10.4. The van der Waals surface area contributed by atoms with Gasteiger partial charge in [-0.25, -0.2) is 4.98 Å². The standard InChI is InChI=1S/C12H21N3O/c1-4-6-13-10(2)5-7-15-9-14-11(3)8-12(15)16/h8-10,13H,4-7H2,1-3H3. The van der Waals surface area contributed by atoms with E-state index < -0.39 is 0 Å². The van der Waals surface area contributed by atoms with Crippen molar-refractivity contribution in [3.8, 4) is 0 Å². The van der Waals surface area contributed by atoms with Crippen molar-refractivity contribution in [3.63, 3.8) is 0 Å². The molecule has 0 aliphatic carbocycles. The fourth-order valence-electron chi connectivity index (χ4n) is 1.51. The summed E-state index contributed by atoms with van der Waals surface area (Å²) >= 11 is 0. The van der Waals surface area contributed by atoms with Gasteiger partial charge < -0.3 is 5.32 Å². The van der Waals surface area contributed by atoms with E-state index in [-0.39, 0.29) is 5.56 Å². The van der Waals surface area contributed by atoms with Crippen molar-refractivity contribution in [2.45, 2.75) is 46.2 Å². The lowest BCUT2D eigenvalue weighted by Crippen LogP contribution is -2.30. The Hall–Kier alpha value is -1.16. The average molecular weight is 223 g/mol. The van der Waals surface area contributed by atoms with Gasteiger partial charge in [0.1, 0.15) is 0 Å². The molecule has 0 aromatic carbocycles. The molecule has 0 fully saturated rings. The monoisotopic (exact) mass is 223 g/mol. The van der Waals surface area contributed by atoms with E-state index in [0.717, 1.165) is 31.6 Å². The summed E-state index contributed by atoms with van der Waals surface area (Å²) in [4.78, 5) is 15.7. The third kappa shape index (κ3) is 4.14. The van der Waals surface area contributed by atoms with Crippen LogP contribution in [0.4, 0.5) is 0 Å². The molecule has 16 heavy (non-hydrogen) atoms. The molecule has 0 radical (unpaired) electrons. The van der Waals surface area contributed by atoms with E-state index in [9.17, 15) is 4.79 Å². The highest BCUT2D eigenvalue weighted by molar-refractivity contribution is 4.95. The van der Waals surface area contributed by atoms with E-state index in [1.165, 1.54) is 0 Å². The summed E-state index contributed by atoms with van der Waals surface area (Å²) in [5.74, 6) is 0. The lowest BCUT2D eigenvalue weighted by atomic mass is 10.2. The molecular weight excluding hydrogens is 202 g/mol. The van der Waals surface area contributed by atoms with Crippen LogP contribution in [-0.4, -0.2) is 22.1 Å². The quantitative estimate of drug-likeness (QED) is 0.791. The molecule has 0 aliphatic heterocycles. The molecule has 0 amide bonds. The third-order valence-electron chi connectivity index (χ3n) is 2.56. The van der Waals surface area contributed by atoms with E-state index in [1.807, 2.05) is 6.92 Å². The van der Waals surface area contributed by atoms with E-state index in [4.69, 9.17) is 0 Å². The second-order valence-electron chi connectivity index (χ2n) is 4.21. The van der Waals surface area contributed by atoms with Crippen LogP contribution in [0, 0.1) is 6.92 Å². The molecule has 1 atom stereocenters. The van der Waals surface area contributed by atoms with Crippen molar-refractivity contribution in [2.24, 2.45) is 0 Å². The summed E-state index contributed by atoms with van der Waals surface area (Å²) in [5.41, 5.74) is 0.814. The first-order chi connectivity index (χ1) is 7.63. The zero-order chi connectivity index (χ0) is 12.0. The van der Waals surface area contributed by atoms with Gasteiger partial charge in [-0.1, -0.05) is 6.92 Å². The molecule has 1 N–H and O–H groups in total. The maximum atomic E-state index is 11.6. The van der Waals surface area contributed by atoms with Gasteiger partial charge in [0.25, 0.3) is 5.56 Å². The Bertz CT molecular complexity index is 373. The third-order valence-corrected chi connectivity index (χ3v) is 2.56. The molecule has 0 saturated heterocycles. The van der Waals surface area contributed by atoms with Crippen molar-refractivity contribution < 1.29 is 0 Å². The minimum absolute atomic E-state index is 0.0372. The van der Waals surface area contributed by atoms with Gasteiger partial charge in [-0.2, -0.15) is 0 Å². The highest BCUT2D eigenvalue weighted by Crippen LogP contribution is 1.94. The van der Waals surface area contributed by atoms with Gasteiger partial charge in [0.15, 0.2) is 0 Å². The second-order valence-corrected chi connectivity index (χ2v) is 4.21. The van der Waals surface area contributed by atoms with Crippen LogP contribution >= 0.6 is 0 Å². The van der Waals surface area contributed by atoms with E-state index in [0.29, 0.717) is 6.04 Å². The number of hydrogen-bond donors (Lipinski definition) is 1. The first kappa shape index (κ1) is 12.9. The fourth-order valence-corrected chi connectivity index (χ4v) is 1.51. The van der Waals surface area contributed by atoms with Crippen molar-refractivity contribution in [2.75, 3.05) is 6.54 Å².